The number of aliphatic hydroxyl groups is 1. The quantitative estimate of drug-likeness (QED) is 0.630. The number of carbonyl (C=O) groups excluding carboxylic acids is 1. The molecule has 2 aromatic rings. The van der Waals surface area contributed by atoms with E-state index in [0.29, 0.717) is 42.8 Å². The lowest BCUT2D eigenvalue weighted by atomic mass is 9.88. The topological polar surface area (TPSA) is 87.1 Å². The summed E-state index contributed by atoms with van der Waals surface area (Å²) in [6, 6.07) is 11.7. The summed E-state index contributed by atoms with van der Waals surface area (Å²) in [6.45, 7) is 2.31. The number of aliphatic hydroxyl groups excluding tert-OH is 1. The van der Waals surface area contributed by atoms with Gasteiger partial charge in [0.15, 0.2) is 0 Å². The van der Waals surface area contributed by atoms with E-state index < -0.39 is 13.5 Å². The van der Waals surface area contributed by atoms with Gasteiger partial charge in [0, 0.05) is 19.8 Å². The fraction of sp³-hybridized carbons (Fsp3) is 0.435. The maximum Gasteiger partial charge on any atom is 0.226 e. The Morgan fingerprint density at radius 3 is 2.61 bits per heavy atom. The molecule has 0 bridgehead atoms. The second-order valence-electron chi connectivity index (χ2n) is 8.21. The Balaban J connectivity index is 1.59. The molecule has 1 heterocycles. The Kier molecular flexibility index (Phi) is 7.52. The maximum atomic E-state index is 14.2. The molecule has 0 aromatic heterocycles. The predicted molar refractivity (Wildman–Crippen MR) is 117 cm³/mol. The van der Waals surface area contributed by atoms with Crippen molar-refractivity contribution in [3.05, 3.63) is 65.0 Å². The summed E-state index contributed by atoms with van der Waals surface area (Å²) in [5.74, 6) is 0.387. The molecule has 0 saturated carbocycles. The van der Waals surface area contributed by atoms with Crippen molar-refractivity contribution in [2.24, 2.45) is 0 Å². The summed E-state index contributed by atoms with van der Waals surface area (Å²) in [7, 11) is -1.80. The van der Waals surface area contributed by atoms with Crippen LogP contribution >= 0.6 is 7.37 Å². The molecule has 1 unspecified atom stereocenters. The van der Waals surface area contributed by atoms with Gasteiger partial charge in [-0.3, -0.25) is 9.36 Å². The highest BCUT2D eigenvalue weighted by molar-refractivity contribution is 7.57. The number of amides is 1. The molecule has 168 valence electrons. The number of hydrogen-bond acceptors (Lipinski definition) is 4. The molecule has 1 aliphatic rings. The minimum absolute atomic E-state index is 0.0282. The molecule has 0 aliphatic carbocycles. The van der Waals surface area contributed by atoms with E-state index in [9.17, 15) is 23.7 Å². The van der Waals surface area contributed by atoms with Gasteiger partial charge in [-0.05, 0) is 53.6 Å². The molecule has 2 atom stereocenters. The predicted octanol–water partition coefficient (Wildman–Crippen LogP) is 3.72. The zero-order valence-corrected chi connectivity index (χ0v) is 18.7. The van der Waals surface area contributed by atoms with Crippen LogP contribution in [0.2, 0.25) is 0 Å². The number of likely N-dealkylation sites (tertiary alicyclic amines) is 1. The Labute approximate surface area is 182 Å². The van der Waals surface area contributed by atoms with Gasteiger partial charge in [0.25, 0.3) is 0 Å². The Morgan fingerprint density at radius 2 is 1.97 bits per heavy atom. The fourth-order valence-electron chi connectivity index (χ4n) is 4.02. The number of methoxy groups -OCH3 is 1. The monoisotopic (exact) mass is 449 g/mol. The van der Waals surface area contributed by atoms with Crippen LogP contribution in [0.25, 0.3) is 0 Å². The molecule has 0 spiro atoms. The third-order valence-electron chi connectivity index (χ3n) is 5.69. The first kappa shape index (κ1) is 23.5. The van der Waals surface area contributed by atoms with Gasteiger partial charge in [-0.1, -0.05) is 24.3 Å². The molecule has 1 fully saturated rings. The van der Waals surface area contributed by atoms with Gasteiger partial charge < -0.3 is 19.6 Å². The van der Waals surface area contributed by atoms with Gasteiger partial charge in [0.1, 0.15) is 11.6 Å². The van der Waals surface area contributed by atoms with Gasteiger partial charge in [0.2, 0.25) is 13.3 Å². The maximum absolute atomic E-state index is 14.2. The van der Waals surface area contributed by atoms with Crippen LogP contribution in [0.15, 0.2) is 42.5 Å². The van der Waals surface area contributed by atoms with E-state index in [1.165, 1.54) is 12.7 Å². The first-order valence-corrected chi connectivity index (χ1v) is 12.6. The van der Waals surface area contributed by atoms with E-state index >= 15 is 0 Å². The summed E-state index contributed by atoms with van der Waals surface area (Å²) in [5, 5.41) is 10.2. The van der Waals surface area contributed by atoms with E-state index in [1.807, 2.05) is 0 Å². The second-order valence-corrected chi connectivity index (χ2v) is 10.7. The number of rotatable bonds is 7. The largest absolute Gasteiger partial charge is 0.497 e. The van der Waals surface area contributed by atoms with Crippen molar-refractivity contribution in [3.8, 4) is 5.75 Å². The normalized spacial score (nSPS) is 17.8. The number of nitrogens with zero attached hydrogens (tertiary/aromatic N) is 1. The SMILES string of the molecule is COc1ccc(F)c(C2CCN(C(=O)Cc3cccc([C@H](O)CP(C)(=O)O)c3)CC2)c1. The van der Waals surface area contributed by atoms with Crippen LogP contribution in [0.3, 0.4) is 0 Å². The zero-order chi connectivity index (χ0) is 22.6. The first-order chi connectivity index (χ1) is 14.7. The molecule has 2 aromatic carbocycles. The number of ether oxygens (including phenoxy) is 1. The first-order valence-electron chi connectivity index (χ1n) is 10.3. The van der Waals surface area contributed by atoms with Gasteiger partial charge in [-0.15, -0.1) is 0 Å². The van der Waals surface area contributed by atoms with Crippen LogP contribution in [-0.2, 0) is 15.8 Å². The highest BCUT2D eigenvalue weighted by Gasteiger charge is 2.26. The van der Waals surface area contributed by atoms with E-state index in [2.05, 4.69) is 0 Å². The summed E-state index contributed by atoms with van der Waals surface area (Å²) in [4.78, 5) is 24.0. The summed E-state index contributed by atoms with van der Waals surface area (Å²) < 4.78 is 31.0. The summed E-state index contributed by atoms with van der Waals surface area (Å²) in [5.41, 5.74) is 1.89. The van der Waals surface area contributed by atoms with Crippen molar-refractivity contribution in [1.82, 2.24) is 4.90 Å². The average Bonchev–Trinajstić information content (AvgIpc) is 2.73. The molecule has 3 rings (SSSR count). The van der Waals surface area contributed by atoms with Crippen LogP contribution in [0.5, 0.6) is 5.75 Å². The molecule has 8 heteroatoms. The number of carbonyl (C=O) groups is 1. The van der Waals surface area contributed by atoms with Gasteiger partial charge in [0.05, 0.1) is 25.8 Å². The lowest BCUT2D eigenvalue weighted by Gasteiger charge is -2.32. The van der Waals surface area contributed by atoms with Crippen LogP contribution in [-0.4, -0.2) is 53.8 Å². The van der Waals surface area contributed by atoms with E-state index in [1.54, 1.807) is 48.4 Å². The van der Waals surface area contributed by atoms with E-state index in [4.69, 9.17) is 4.74 Å². The number of benzene rings is 2. The van der Waals surface area contributed by atoms with Crippen molar-refractivity contribution >= 4 is 13.3 Å². The second kappa shape index (κ2) is 9.94. The lowest BCUT2D eigenvalue weighted by molar-refractivity contribution is -0.131. The number of halogens is 1. The molecule has 2 N–H and O–H groups in total. The van der Waals surface area contributed by atoms with Crippen LogP contribution in [0.1, 0.15) is 41.6 Å². The Bertz CT molecular complexity index is 968. The van der Waals surface area contributed by atoms with Crippen LogP contribution in [0, 0.1) is 5.82 Å². The molecule has 31 heavy (non-hydrogen) atoms. The fourth-order valence-corrected chi connectivity index (χ4v) is 4.88. The zero-order valence-electron chi connectivity index (χ0n) is 17.8. The van der Waals surface area contributed by atoms with Gasteiger partial charge in [-0.2, -0.15) is 0 Å². The molecular weight excluding hydrogens is 420 g/mol. The van der Waals surface area contributed by atoms with Crippen molar-refractivity contribution in [2.75, 3.05) is 33.0 Å². The minimum atomic E-state index is -3.35. The van der Waals surface area contributed by atoms with E-state index in [-0.39, 0.29) is 30.2 Å². The molecule has 1 saturated heterocycles. The van der Waals surface area contributed by atoms with Gasteiger partial charge >= 0.3 is 0 Å². The highest BCUT2D eigenvalue weighted by Crippen LogP contribution is 2.39. The third kappa shape index (κ3) is 6.39. The molecule has 0 radical (unpaired) electrons. The van der Waals surface area contributed by atoms with Crippen LogP contribution in [0.4, 0.5) is 4.39 Å². The molecule has 6 nitrogen and oxygen atoms in total. The minimum Gasteiger partial charge on any atom is -0.497 e. The third-order valence-corrected chi connectivity index (χ3v) is 6.72. The Hall–Kier alpha value is -2.21. The van der Waals surface area contributed by atoms with Crippen molar-refractivity contribution in [3.63, 3.8) is 0 Å². The lowest BCUT2D eigenvalue weighted by Crippen LogP contribution is -2.38. The molecule has 1 aliphatic heterocycles. The van der Waals surface area contributed by atoms with Crippen molar-refractivity contribution in [1.29, 1.82) is 0 Å². The van der Waals surface area contributed by atoms with Crippen LogP contribution < -0.4 is 4.74 Å². The number of hydrogen-bond donors (Lipinski definition) is 2. The number of piperidine rings is 1. The smallest absolute Gasteiger partial charge is 0.226 e. The molecular formula is C23H29FNO5P. The van der Waals surface area contributed by atoms with Crippen molar-refractivity contribution < 1.29 is 28.5 Å². The van der Waals surface area contributed by atoms with Crippen molar-refractivity contribution in [2.45, 2.75) is 31.3 Å². The van der Waals surface area contributed by atoms with Gasteiger partial charge in [-0.25, -0.2) is 4.39 Å². The van der Waals surface area contributed by atoms with E-state index in [0.717, 1.165) is 5.56 Å². The molecule has 1 amide bonds. The Morgan fingerprint density at radius 1 is 1.26 bits per heavy atom. The standard InChI is InChI=1S/C23H29FNO5P/c1-30-19-6-7-21(24)20(14-19)17-8-10-25(11-9-17)23(27)13-16-4-3-5-18(12-16)22(26)15-31(2,28)29/h3-7,12,14,17,22,26H,8-11,13,15H2,1-2H3,(H,28,29)/t22-/m1/s1. The summed E-state index contributed by atoms with van der Waals surface area (Å²) >= 11 is 0. The summed E-state index contributed by atoms with van der Waals surface area (Å²) in [6.07, 6.45) is 0.262. The average molecular weight is 449 g/mol. The highest BCUT2D eigenvalue weighted by atomic mass is 31.2.